The molecule has 0 heterocycles. The normalized spacial score (nSPS) is 13.5. The molecule has 0 saturated carbocycles. The van der Waals surface area contributed by atoms with E-state index in [-0.39, 0.29) is 25.8 Å². The second-order valence-electron chi connectivity index (χ2n) is 11.0. The van der Waals surface area contributed by atoms with Gasteiger partial charge in [0.1, 0.15) is 13.2 Å². The highest BCUT2D eigenvalue weighted by Gasteiger charge is 2.23. The van der Waals surface area contributed by atoms with Crippen LogP contribution < -0.4 is 5.32 Å². The minimum absolute atomic E-state index is 0.0373. The number of quaternary nitrogens is 1. The van der Waals surface area contributed by atoms with Crippen LogP contribution in [-0.2, 0) is 13.6 Å². The molecule has 0 aliphatic carbocycles. The first-order valence-corrected chi connectivity index (χ1v) is 16.0. The number of hydrogen-bond acceptors (Lipinski definition) is 4. The van der Waals surface area contributed by atoms with E-state index < -0.39 is 7.82 Å². The molecular weight excluding hydrogens is 477 g/mol. The number of carbonyl (C=O) groups is 1. The second-order valence-corrected chi connectivity index (χ2v) is 12.4. The van der Waals surface area contributed by atoms with Crippen molar-refractivity contribution in [3.63, 3.8) is 0 Å². The zero-order valence-electron chi connectivity index (χ0n) is 24.3. The lowest BCUT2D eigenvalue weighted by atomic mass is 10.0. The second kappa shape index (κ2) is 22.3. The van der Waals surface area contributed by atoms with Gasteiger partial charge in [0.25, 0.3) is 0 Å². The molecule has 0 fully saturated rings. The van der Waals surface area contributed by atoms with Crippen molar-refractivity contribution >= 4 is 13.9 Å². The summed E-state index contributed by atoms with van der Waals surface area (Å²) in [4.78, 5) is 23.6. The molecule has 8 nitrogen and oxygen atoms in total. The highest BCUT2D eigenvalue weighted by Crippen LogP contribution is 2.42. The van der Waals surface area contributed by atoms with Crippen LogP contribution in [0.3, 0.4) is 0 Å². The number of unbranched alkanes of at least 4 members (excludes halogenated alkanes) is 15. The van der Waals surface area contributed by atoms with Crippen molar-refractivity contribution in [2.24, 2.45) is 0 Å². The summed E-state index contributed by atoms with van der Waals surface area (Å²) < 4.78 is 22.7. The molecule has 0 aromatic rings. The van der Waals surface area contributed by atoms with Crippen LogP contribution in [0.25, 0.3) is 0 Å². The fraction of sp³-hybridized carbons (Fsp3) is 0.963. The summed E-state index contributed by atoms with van der Waals surface area (Å²) in [7, 11) is 3.42. The van der Waals surface area contributed by atoms with Gasteiger partial charge < -0.3 is 19.6 Å². The van der Waals surface area contributed by atoms with Crippen LogP contribution in [0, 0.1) is 0 Å². The van der Waals surface area contributed by atoms with Crippen LogP contribution in [0.1, 0.15) is 110 Å². The van der Waals surface area contributed by atoms with E-state index in [1.807, 2.05) is 21.1 Å². The van der Waals surface area contributed by atoms with Crippen LogP contribution >= 0.6 is 7.82 Å². The predicted molar refractivity (Wildman–Crippen MR) is 150 cm³/mol. The summed E-state index contributed by atoms with van der Waals surface area (Å²) in [6, 6.07) is -0.196. The lowest BCUT2D eigenvalue weighted by Gasteiger charge is -2.24. The number of rotatable bonds is 25. The predicted octanol–water partition coefficient (Wildman–Crippen LogP) is 6.73. The number of carbonyl (C=O) groups excluding carboxylic acids is 1. The van der Waals surface area contributed by atoms with E-state index in [0.717, 1.165) is 12.8 Å². The number of hydrogen-bond donors (Lipinski definition) is 2. The van der Waals surface area contributed by atoms with Gasteiger partial charge in [-0.15, -0.1) is 0 Å². The Morgan fingerprint density at radius 1 is 0.750 bits per heavy atom. The number of phosphoric ester groups is 1. The summed E-state index contributed by atoms with van der Waals surface area (Å²) in [5.74, 6) is 0. The molecule has 0 aliphatic heterocycles. The summed E-state index contributed by atoms with van der Waals surface area (Å²) in [6.07, 6.45) is 21.0. The number of urea groups is 1. The molecule has 2 amide bonds. The smallest absolute Gasteiger partial charge is 0.341 e. The van der Waals surface area contributed by atoms with Crippen molar-refractivity contribution < 1.29 is 27.8 Å². The molecule has 36 heavy (non-hydrogen) atoms. The first-order chi connectivity index (χ1) is 17.1. The Balaban J connectivity index is 3.78. The lowest BCUT2D eigenvalue weighted by molar-refractivity contribution is -0.870. The van der Waals surface area contributed by atoms with Gasteiger partial charge >= 0.3 is 13.9 Å². The molecule has 0 aliphatic rings. The average molecular weight is 537 g/mol. The molecule has 0 radical (unpaired) electrons. The number of nitrogens with one attached hydrogen (secondary N) is 1. The van der Waals surface area contributed by atoms with Gasteiger partial charge in [0, 0.05) is 20.1 Å². The minimum atomic E-state index is -4.11. The highest BCUT2D eigenvalue weighted by atomic mass is 31.2. The van der Waals surface area contributed by atoms with Crippen molar-refractivity contribution in [2.45, 2.75) is 110 Å². The fourth-order valence-corrected chi connectivity index (χ4v) is 4.76. The first-order valence-electron chi connectivity index (χ1n) is 14.5. The van der Waals surface area contributed by atoms with E-state index in [2.05, 4.69) is 12.2 Å². The van der Waals surface area contributed by atoms with Crippen molar-refractivity contribution in [3.8, 4) is 0 Å². The van der Waals surface area contributed by atoms with Gasteiger partial charge in [-0.3, -0.25) is 9.05 Å². The standard InChI is InChI=1S/C27H58N3O5P/c1-6-7-8-9-10-11-12-13-14-15-16-17-18-19-20-21-22-29(27(31)28-2)23-25-34-36(32,33)35-26-24-30(3,4)5/h6-26H2,1-5H3,(H-,28,31,32,33)/p+1. The zero-order valence-corrected chi connectivity index (χ0v) is 25.2. The molecule has 1 atom stereocenters. The number of amides is 2. The van der Waals surface area contributed by atoms with Crippen LogP contribution in [0.2, 0.25) is 0 Å². The van der Waals surface area contributed by atoms with E-state index in [9.17, 15) is 14.3 Å². The average Bonchev–Trinajstić information content (AvgIpc) is 2.81. The Morgan fingerprint density at radius 2 is 1.17 bits per heavy atom. The van der Waals surface area contributed by atoms with Crippen molar-refractivity contribution in [1.82, 2.24) is 10.2 Å². The fourth-order valence-electron chi connectivity index (χ4n) is 4.06. The number of likely N-dealkylation sites (N-methyl/N-ethyl adjacent to an activating group) is 1. The van der Waals surface area contributed by atoms with Gasteiger partial charge in [0.2, 0.25) is 0 Å². The topological polar surface area (TPSA) is 88.1 Å². The molecule has 9 heteroatoms. The monoisotopic (exact) mass is 536 g/mol. The Hall–Kier alpha value is -0.660. The van der Waals surface area contributed by atoms with Crippen molar-refractivity contribution in [1.29, 1.82) is 0 Å². The molecule has 0 aromatic carbocycles. The highest BCUT2D eigenvalue weighted by molar-refractivity contribution is 7.47. The zero-order chi connectivity index (χ0) is 27.1. The van der Waals surface area contributed by atoms with Crippen LogP contribution in [0.5, 0.6) is 0 Å². The molecule has 1 unspecified atom stereocenters. The van der Waals surface area contributed by atoms with E-state index in [1.165, 1.54) is 89.9 Å². The number of nitrogens with zero attached hydrogens (tertiary/aromatic N) is 2. The molecule has 0 spiro atoms. The summed E-state index contributed by atoms with van der Waals surface area (Å²) in [5.41, 5.74) is 0. The summed E-state index contributed by atoms with van der Waals surface area (Å²) in [5, 5.41) is 2.63. The van der Waals surface area contributed by atoms with Crippen molar-refractivity contribution in [2.75, 3.05) is 61.0 Å². The van der Waals surface area contributed by atoms with E-state index >= 15 is 0 Å². The third-order valence-electron chi connectivity index (χ3n) is 6.41. The molecule has 0 saturated heterocycles. The van der Waals surface area contributed by atoms with Gasteiger partial charge in [-0.1, -0.05) is 103 Å². The van der Waals surface area contributed by atoms with Gasteiger partial charge in [-0.05, 0) is 6.42 Å². The summed E-state index contributed by atoms with van der Waals surface area (Å²) >= 11 is 0. The minimum Gasteiger partial charge on any atom is -0.341 e. The van der Waals surface area contributed by atoms with E-state index in [0.29, 0.717) is 17.6 Å². The third-order valence-corrected chi connectivity index (χ3v) is 7.43. The first kappa shape index (κ1) is 35.3. The van der Waals surface area contributed by atoms with E-state index in [1.54, 1.807) is 11.9 Å². The maximum atomic E-state index is 12.1. The van der Waals surface area contributed by atoms with Gasteiger partial charge in [0.15, 0.2) is 0 Å². The molecule has 216 valence electrons. The quantitative estimate of drug-likeness (QED) is 0.0767. The molecule has 0 bridgehead atoms. The molecule has 2 N–H and O–H groups in total. The van der Waals surface area contributed by atoms with E-state index in [4.69, 9.17) is 9.05 Å². The third kappa shape index (κ3) is 23.7. The Kier molecular flexibility index (Phi) is 21.9. The Bertz CT molecular complexity index is 572. The van der Waals surface area contributed by atoms with Crippen LogP contribution in [0.4, 0.5) is 4.79 Å². The molecule has 0 rings (SSSR count). The van der Waals surface area contributed by atoms with Gasteiger partial charge in [0.05, 0.1) is 27.7 Å². The largest absolute Gasteiger partial charge is 0.472 e. The maximum absolute atomic E-state index is 12.1. The Labute approximate surface area is 222 Å². The maximum Gasteiger partial charge on any atom is 0.472 e. The summed E-state index contributed by atoms with van der Waals surface area (Å²) in [6.45, 7) is 3.82. The SMILES string of the molecule is CCCCCCCCCCCCCCCCCCN(CCOP(=O)(O)OCC[N+](C)(C)C)C(=O)NC. The van der Waals surface area contributed by atoms with Gasteiger partial charge in [-0.2, -0.15) is 0 Å². The number of phosphoric acid groups is 1. The van der Waals surface area contributed by atoms with Crippen LogP contribution in [-0.4, -0.2) is 81.3 Å². The van der Waals surface area contributed by atoms with Crippen molar-refractivity contribution in [3.05, 3.63) is 0 Å². The molecule has 0 aromatic heterocycles. The van der Waals surface area contributed by atoms with Crippen LogP contribution in [0.15, 0.2) is 0 Å². The van der Waals surface area contributed by atoms with Gasteiger partial charge in [-0.25, -0.2) is 9.36 Å². The Morgan fingerprint density at radius 3 is 1.58 bits per heavy atom. The lowest BCUT2D eigenvalue weighted by Crippen LogP contribution is -2.40. The molecular formula is C27H59N3O5P+.